The molecule has 36 heavy (non-hydrogen) atoms. The maximum atomic E-state index is 13.9. The van der Waals surface area contributed by atoms with E-state index in [-0.39, 0.29) is 29.2 Å². The van der Waals surface area contributed by atoms with Crippen molar-refractivity contribution in [3.8, 4) is 0 Å². The normalized spacial score (nSPS) is 17.7. The molecule has 0 bridgehead atoms. The van der Waals surface area contributed by atoms with Gasteiger partial charge < -0.3 is 15.5 Å². The summed E-state index contributed by atoms with van der Waals surface area (Å²) in [4.78, 5) is 43.5. The fourth-order valence-electron chi connectivity index (χ4n) is 4.63. The first-order chi connectivity index (χ1) is 17.4. The topological polar surface area (TPSA) is 81.8 Å². The molecule has 3 aromatic carbocycles. The molecule has 2 aliphatic heterocycles. The molecule has 3 aromatic rings. The lowest BCUT2D eigenvalue weighted by atomic mass is 10.00. The van der Waals surface area contributed by atoms with Gasteiger partial charge in [0.15, 0.2) is 0 Å². The Hall–Kier alpha value is -3.39. The van der Waals surface area contributed by atoms with Crippen molar-refractivity contribution in [2.75, 3.05) is 36.4 Å². The zero-order chi connectivity index (χ0) is 25.2. The Morgan fingerprint density at radius 1 is 0.833 bits per heavy atom. The average molecular weight is 523 g/mol. The van der Waals surface area contributed by atoms with Crippen molar-refractivity contribution in [3.63, 3.8) is 0 Å². The van der Waals surface area contributed by atoms with E-state index in [4.69, 9.17) is 23.2 Å². The highest BCUT2D eigenvalue weighted by Gasteiger charge is 2.35. The minimum absolute atomic E-state index is 0.0484. The highest BCUT2D eigenvalue weighted by Crippen LogP contribution is 2.40. The first kappa shape index (κ1) is 24.3. The Balaban J connectivity index is 1.60. The van der Waals surface area contributed by atoms with Crippen LogP contribution in [0.15, 0.2) is 66.7 Å². The third-order valence-corrected chi connectivity index (χ3v) is 7.18. The molecular formula is C27H24Cl2N4O3. The molecule has 0 saturated carbocycles. The van der Waals surface area contributed by atoms with Gasteiger partial charge in [0.25, 0.3) is 11.8 Å². The molecule has 9 heteroatoms. The van der Waals surface area contributed by atoms with Crippen LogP contribution in [0, 0.1) is 0 Å². The molecule has 184 valence electrons. The molecule has 1 unspecified atom stereocenters. The van der Waals surface area contributed by atoms with E-state index in [0.717, 1.165) is 18.7 Å². The van der Waals surface area contributed by atoms with E-state index in [2.05, 4.69) is 10.6 Å². The average Bonchev–Trinajstić information content (AvgIpc) is 3.05. The predicted molar refractivity (Wildman–Crippen MR) is 141 cm³/mol. The predicted octanol–water partition coefficient (Wildman–Crippen LogP) is 4.77. The fraction of sp³-hybridized carbons (Fsp3) is 0.222. The van der Waals surface area contributed by atoms with Crippen LogP contribution in [0.25, 0.3) is 0 Å². The molecule has 5 rings (SSSR count). The van der Waals surface area contributed by atoms with Crippen LogP contribution >= 0.6 is 23.2 Å². The number of hydrogen-bond donors (Lipinski definition) is 2. The molecule has 0 radical (unpaired) electrons. The molecular weight excluding hydrogens is 499 g/mol. The second kappa shape index (κ2) is 10.3. The van der Waals surface area contributed by atoms with E-state index < -0.39 is 6.04 Å². The SMILES string of the molecule is O=C1CC(c2ccccc2)N(C(=O)c2ccc(Cl)c(Cl)c2)c2ccc(C(=O)N3CCNCC3)cc2N1. The Kier molecular flexibility index (Phi) is 6.96. The summed E-state index contributed by atoms with van der Waals surface area (Å²) in [7, 11) is 0. The number of fused-ring (bicyclic) bond motifs is 1. The monoisotopic (exact) mass is 522 g/mol. The molecule has 2 N–H and O–H groups in total. The Bertz CT molecular complexity index is 1330. The quantitative estimate of drug-likeness (QED) is 0.519. The summed E-state index contributed by atoms with van der Waals surface area (Å²) in [5.74, 6) is -0.692. The third-order valence-electron chi connectivity index (χ3n) is 6.44. The lowest BCUT2D eigenvalue weighted by Crippen LogP contribution is -2.46. The molecule has 1 atom stereocenters. The third kappa shape index (κ3) is 4.82. The molecule has 0 aliphatic carbocycles. The highest BCUT2D eigenvalue weighted by molar-refractivity contribution is 6.42. The zero-order valence-electron chi connectivity index (χ0n) is 19.3. The van der Waals surface area contributed by atoms with Gasteiger partial charge >= 0.3 is 0 Å². The number of hydrogen-bond acceptors (Lipinski definition) is 4. The summed E-state index contributed by atoms with van der Waals surface area (Å²) in [5, 5.41) is 6.76. The van der Waals surface area contributed by atoms with Gasteiger partial charge in [-0.15, -0.1) is 0 Å². The lowest BCUT2D eigenvalue weighted by Gasteiger charge is -2.31. The van der Waals surface area contributed by atoms with E-state index >= 15 is 0 Å². The van der Waals surface area contributed by atoms with Crippen LogP contribution in [0.4, 0.5) is 11.4 Å². The van der Waals surface area contributed by atoms with Crippen LogP contribution in [0.3, 0.4) is 0 Å². The summed E-state index contributed by atoms with van der Waals surface area (Å²) in [6.07, 6.45) is 0.0484. The van der Waals surface area contributed by atoms with Gasteiger partial charge in [-0.25, -0.2) is 0 Å². The number of benzene rings is 3. The minimum Gasteiger partial charge on any atom is -0.336 e. The van der Waals surface area contributed by atoms with Crippen LogP contribution in [0.2, 0.25) is 10.0 Å². The molecule has 0 aromatic heterocycles. The number of carbonyl (C=O) groups excluding carboxylic acids is 3. The van der Waals surface area contributed by atoms with Crippen LogP contribution in [-0.4, -0.2) is 48.8 Å². The number of anilines is 2. The summed E-state index contributed by atoms with van der Waals surface area (Å²) < 4.78 is 0. The van der Waals surface area contributed by atoms with Crippen molar-refractivity contribution in [1.29, 1.82) is 0 Å². The summed E-state index contributed by atoms with van der Waals surface area (Å²) in [5.41, 5.74) is 2.52. The summed E-state index contributed by atoms with van der Waals surface area (Å²) in [6, 6.07) is 18.6. The smallest absolute Gasteiger partial charge is 0.258 e. The Morgan fingerprint density at radius 2 is 1.53 bits per heavy atom. The number of nitrogens with zero attached hydrogens (tertiary/aromatic N) is 2. The van der Waals surface area contributed by atoms with Gasteiger partial charge in [-0.3, -0.25) is 19.3 Å². The lowest BCUT2D eigenvalue weighted by molar-refractivity contribution is -0.116. The maximum absolute atomic E-state index is 13.9. The van der Waals surface area contributed by atoms with Gasteiger partial charge in [0.05, 0.1) is 33.9 Å². The van der Waals surface area contributed by atoms with E-state index in [1.165, 1.54) is 6.07 Å². The number of piperazine rings is 1. The molecule has 2 aliphatic rings. The minimum atomic E-state index is -0.566. The van der Waals surface area contributed by atoms with Gasteiger partial charge in [-0.1, -0.05) is 53.5 Å². The first-order valence-corrected chi connectivity index (χ1v) is 12.5. The van der Waals surface area contributed by atoms with Crippen LogP contribution in [-0.2, 0) is 4.79 Å². The number of nitrogens with one attached hydrogen (secondary N) is 2. The van der Waals surface area contributed by atoms with Gasteiger partial charge in [-0.05, 0) is 42.0 Å². The van der Waals surface area contributed by atoms with E-state index in [1.54, 1.807) is 40.1 Å². The van der Waals surface area contributed by atoms with Crippen molar-refractivity contribution >= 4 is 52.3 Å². The van der Waals surface area contributed by atoms with Crippen molar-refractivity contribution in [2.24, 2.45) is 0 Å². The first-order valence-electron chi connectivity index (χ1n) is 11.7. The molecule has 1 saturated heterocycles. The van der Waals surface area contributed by atoms with Gasteiger partial charge in [0.2, 0.25) is 5.91 Å². The Labute approximate surface area is 219 Å². The maximum Gasteiger partial charge on any atom is 0.258 e. The van der Waals surface area contributed by atoms with Crippen molar-refractivity contribution in [3.05, 3.63) is 93.5 Å². The largest absolute Gasteiger partial charge is 0.336 e. The van der Waals surface area contributed by atoms with Crippen LogP contribution in [0.5, 0.6) is 0 Å². The molecule has 0 spiro atoms. The highest BCUT2D eigenvalue weighted by atomic mass is 35.5. The van der Waals surface area contributed by atoms with E-state index in [0.29, 0.717) is 40.6 Å². The van der Waals surface area contributed by atoms with Crippen molar-refractivity contribution in [1.82, 2.24) is 10.2 Å². The second-order valence-electron chi connectivity index (χ2n) is 8.76. The Morgan fingerprint density at radius 3 is 2.25 bits per heavy atom. The van der Waals surface area contributed by atoms with Gasteiger partial charge in [0.1, 0.15) is 0 Å². The van der Waals surface area contributed by atoms with Gasteiger partial charge in [-0.2, -0.15) is 0 Å². The van der Waals surface area contributed by atoms with Crippen molar-refractivity contribution < 1.29 is 14.4 Å². The molecule has 7 nitrogen and oxygen atoms in total. The number of amides is 3. The standard InChI is InChI=1S/C27H24Cl2N4O3/c28-20-8-6-18(14-21(20)29)27(36)33-23-9-7-19(26(35)32-12-10-30-11-13-32)15-22(23)31-25(34)16-24(33)17-4-2-1-3-5-17/h1-9,14-15,24,30H,10-13,16H2,(H,31,34). The number of halogens is 2. The van der Waals surface area contributed by atoms with Crippen LogP contribution < -0.4 is 15.5 Å². The van der Waals surface area contributed by atoms with E-state index in [9.17, 15) is 14.4 Å². The van der Waals surface area contributed by atoms with Crippen molar-refractivity contribution in [2.45, 2.75) is 12.5 Å². The molecule has 2 heterocycles. The van der Waals surface area contributed by atoms with E-state index in [1.807, 2.05) is 30.3 Å². The number of rotatable bonds is 3. The summed E-state index contributed by atoms with van der Waals surface area (Å²) >= 11 is 12.3. The molecule has 3 amide bonds. The number of carbonyl (C=O) groups is 3. The van der Waals surface area contributed by atoms with Crippen LogP contribution in [0.1, 0.15) is 38.7 Å². The molecule has 1 fully saturated rings. The fourth-order valence-corrected chi connectivity index (χ4v) is 4.93. The zero-order valence-corrected chi connectivity index (χ0v) is 20.9. The second-order valence-corrected chi connectivity index (χ2v) is 9.57. The summed E-state index contributed by atoms with van der Waals surface area (Å²) in [6.45, 7) is 2.69. The van der Waals surface area contributed by atoms with Gasteiger partial charge in [0, 0.05) is 37.3 Å².